The minimum atomic E-state index is -0.506. The molecule has 0 radical (unpaired) electrons. The molecule has 5 heteroatoms. The number of carbonyl (C=O) groups is 1. The second kappa shape index (κ2) is 6.50. The molecule has 1 atom stereocenters. The number of rotatable bonds is 5. The van der Waals surface area contributed by atoms with E-state index in [1.807, 2.05) is 13.0 Å². The molecule has 18 heavy (non-hydrogen) atoms. The van der Waals surface area contributed by atoms with Crippen molar-refractivity contribution in [2.45, 2.75) is 19.4 Å². The van der Waals surface area contributed by atoms with E-state index in [1.54, 1.807) is 18.2 Å². The predicted octanol–water partition coefficient (Wildman–Crippen LogP) is 1.74. The van der Waals surface area contributed by atoms with E-state index in [2.05, 4.69) is 5.32 Å². The van der Waals surface area contributed by atoms with Gasteiger partial charge in [0.1, 0.15) is 6.04 Å². The molecule has 1 rings (SSSR count). The van der Waals surface area contributed by atoms with Gasteiger partial charge in [-0.25, -0.2) is 0 Å². The van der Waals surface area contributed by atoms with Crippen molar-refractivity contribution >= 4 is 5.91 Å². The van der Waals surface area contributed by atoms with Crippen LogP contribution in [0, 0.1) is 11.3 Å². The molecule has 0 fully saturated rings. The molecule has 1 amide bonds. The maximum atomic E-state index is 12.0. The first-order chi connectivity index (χ1) is 8.67. The molecule has 0 aliphatic carbocycles. The van der Waals surface area contributed by atoms with Crippen LogP contribution in [-0.4, -0.2) is 26.2 Å². The van der Waals surface area contributed by atoms with E-state index in [0.717, 1.165) is 0 Å². The van der Waals surface area contributed by atoms with Crippen LogP contribution in [0.25, 0.3) is 0 Å². The fraction of sp³-hybridized carbons (Fsp3) is 0.385. The van der Waals surface area contributed by atoms with E-state index < -0.39 is 6.04 Å². The zero-order chi connectivity index (χ0) is 13.5. The van der Waals surface area contributed by atoms with E-state index in [1.165, 1.54) is 14.2 Å². The van der Waals surface area contributed by atoms with Crippen LogP contribution in [-0.2, 0) is 0 Å². The van der Waals surface area contributed by atoms with Crippen LogP contribution < -0.4 is 14.8 Å². The van der Waals surface area contributed by atoms with Crippen LogP contribution in [0.4, 0.5) is 0 Å². The zero-order valence-corrected chi connectivity index (χ0v) is 10.7. The summed E-state index contributed by atoms with van der Waals surface area (Å²) >= 11 is 0. The first-order valence-electron chi connectivity index (χ1n) is 5.59. The largest absolute Gasteiger partial charge is 0.493 e. The average molecular weight is 248 g/mol. The lowest BCUT2D eigenvalue weighted by Crippen LogP contribution is -2.33. The molecular formula is C13H16N2O3. The number of nitriles is 1. The van der Waals surface area contributed by atoms with E-state index >= 15 is 0 Å². The van der Waals surface area contributed by atoms with Gasteiger partial charge in [0.15, 0.2) is 11.5 Å². The lowest BCUT2D eigenvalue weighted by atomic mass is 10.1. The van der Waals surface area contributed by atoms with Gasteiger partial charge in [-0.1, -0.05) is 13.0 Å². The fourth-order valence-electron chi connectivity index (χ4n) is 1.53. The smallest absolute Gasteiger partial charge is 0.256 e. The van der Waals surface area contributed by atoms with Crippen LogP contribution in [0.5, 0.6) is 11.5 Å². The number of hydrogen-bond donors (Lipinski definition) is 1. The third-order valence-corrected chi connectivity index (χ3v) is 2.52. The third kappa shape index (κ3) is 2.92. The van der Waals surface area contributed by atoms with Crippen molar-refractivity contribution < 1.29 is 14.3 Å². The van der Waals surface area contributed by atoms with E-state index in [9.17, 15) is 4.79 Å². The standard InChI is InChI=1S/C13H16N2O3/c1-4-9(8-14)15-13(16)10-6-5-7-11(17-2)12(10)18-3/h5-7,9H,4H2,1-3H3,(H,15,16). The number of carbonyl (C=O) groups excluding carboxylic acids is 1. The van der Waals surface area contributed by atoms with Crippen molar-refractivity contribution in [3.05, 3.63) is 23.8 Å². The highest BCUT2D eigenvalue weighted by molar-refractivity contribution is 5.98. The molecular weight excluding hydrogens is 232 g/mol. The lowest BCUT2D eigenvalue weighted by Gasteiger charge is -2.14. The zero-order valence-electron chi connectivity index (χ0n) is 10.7. The van der Waals surface area contributed by atoms with Gasteiger partial charge < -0.3 is 14.8 Å². The summed E-state index contributed by atoms with van der Waals surface area (Å²) in [5, 5.41) is 11.5. The molecule has 0 aliphatic rings. The topological polar surface area (TPSA) is 71.4 Å². The minimum Gasteiger partial charge on any atom is -0.493 e. The quantitative estimate of drug-likeness (QED) is 0.861. The highest BCUT2D eigenvalue weighted by Gasteiger charge is 2.18. The highest BCUT2D eigenvalue weighted by Crippen LogP contribution is 2.30. The summed E-state index contributed by atoms with van der Waals surface area (Å²) < 4.78 is 10.3. The van der Waals surface area contributed by atoms with Gasteiger partial charge in [0.2, 0.25) is 0 Å². The Hall–Kier alpha value is -2.22. The highest BCUT2D eigenvalue weighted by atomic mass is 16.5. The molecule has 1 N–H and O–H groups in total. The van der Waals surface area contributed by atoms with Crippen molar-refractivity contribution in [1.29, 1.82) is 5.26 Å². The van der Waals surface area contributed by atoms with Crippen molar-refractivity contribution in [2.24, 2.45) is 0 Å². The second-order valence-corrected chi connectivity index (χ2v) is 3.60. The average Bonchev–Trinajstić information content (AvgIpc) is 2.43. The monoisotopic (exact) mass is 248 g/mol. The van der Waals surface area contributed by atoms with Crippen LogP contribution >= 0.6 is 0 Å². The van der Waals surface area contributed by atoms with Crippen molar-refractivity contribution in [1.82, 2.24) is 5.32 Å². The Morgan fingerprint density at radius 1 is 1.44 bits per heavy atom. The number of methoxy groups -OCH3 is 2. The van der Waals surface area contributed by atoms with Crippen molar-refractivity contribution in [2.75, 3.05) is 14.2 Å². The van der Waals surface area contributed by atoms with Gasteiger partial charge in [0.25, 0.3) is 5.91 Å². The van der Waals surface area contributed by atoms with E-state index in [-0.39, 0.29) is 5.91 Å². The summed E-state index contributed by atoms with van der Waals surface area (Å²) in [5.41, 5.74) is 0.352. The third-order valence-electron chi connectivity index (χ3n) is 2.52. The SMILES string of the molecule is CCC(C#N)NC(=O)c1cccc(OC)c1OC. The molecule has 0 saturated carbocycles. The Morgan fingerprint density at radius 3 is 2.67 bits per heavy atom. The van der Waals surface area contributed by atoms with Crippen LogP contribution in [0.3, 0.4) is 0 Å². The Balaban J connectivity index is 3.02. The van der Waals surface area contributed by atoms with Gasteiger partial charge in [0, 0.05) is 0 Å². The summed E-state index contributed by atoms with van der Waals surface area (Å²) in [6.45, 7) is 1.83. The van der Waals surface area contributed by atoms with Gasteiger partial charge >= 0.3 is 0 Å². The number of nitrogens with zero attached hydrogens (tertiary/aromatic N) is 1. The van der Waals surface area contributed by atoms with Gasteiger partial charge in [0.05, 0.1) is 25.9 Å². The molecule has 5 nitrogen and oxygen atoms in total. The number of ether oxygens (including phenoxy) is 2. The molecule has 0 bridgehead atoms. The Kier molecular flexibility index (Phi) is 5.00. The minimum absolute atomic E-state index is 0.348. The fourth-order valence-corrected chi connectivity index (χ4v) is 1.53. The number of hydrogen-bond acceptors (Lipinski definition) is 4. The maximum Gasteiger partial charge on any atom is 0.256 e. The Bertz CT molecular complexity index is 466. The van der Waals surface area contributed by atoms with E-state index in [4.69, 9.17) is 14.7 Å². The molecule has 0 aliphatic heterocycles. The molecule has 0 saturated heterocycles. The number of para-hydroxylation sites is 1. The summed E-state index contributed by atoms with van der Waals surface area (Å²) in [4.78, 5) is 12.0. The van der Waals surface area contributed by atoms with Crippen molar-refractivity contribution in [3.63, 3.8) is 0 Å². The maximum absolute atomic E-state index is 12.0. The molecule has 0 spiro atoms. The molecule has 1 aromatic rings. The molecule has 1 unspecified atom stereocenters. The second-order valence-electron chi connectivity index (χ2n) is 3.60. The first-order valence-corrected chi connectivity index (χ1v) is 5.59. The number of nitrogens with one attached hydrogen (secondary N) is 1. The van der Waals surface area contributed by atoms with Gasteiger partial charge in [-0.05, 0) is 18.6 Å². The van der Waals surface area contributed by atoms with Crippen molar-refractivity contribution in [3.8, 4) is 17.6 Å². The van der Waals surface area contributed by atoms with Gasteiger partial charge in [-0.3, -0.25) is 4.79 Å². The van der Waals surface area contributed by atoms with E-state index in [0.29, 0.717) is 23.5 Å². The molecule has 96 valence electrons. The number of benzene rings is 1. The van der Waals surface area contributed by atoms with Crippen LogP contribution in [0.1, 0.15) is 23.7 Å². The normalized spacial score (nSPS) is 11.2. The summed E-state index contributed by atoms with van der Waals surface area (Å²) in [5.74, 6) is 0.500. The first kappa shape index (κ1) is 13.8. The summed E-state index contributed by atoms with van der Waals surface area (Å²) in [6, 6.07) is 6.54. The van der Waals surface area contributed by atoms with Crippen LogP contribution in [0.15, 0.2) is 18.2 Å². The number of amides is 1. The predicted molar refractivity (Wildman–Crippen MR) is 66.7 cm³/mol. The summed E-state index contributed by atoms with van der Waals surface area (Å²) in [6.07, 6.45) is 0.550. The Labute approximate surface area is 106 Å². The van der Waals surface area contributed by atoms with Gasteiger partial charge in [-0.2, -0.15) is 5.26 Å². The Morgan fingerprint density at radius 2 is 2.17 bits per heavy atom. The van der Waals surface area contributed by atoms with Gasteiger partial charge in [-0.15, -0.1) is 0 Å². The van der Waals surface area contributed by atoms with Crippen LogP contribution in [0.2, 0.25) is 0 Å². The molecule has 1 aromatic carbocycles. The molecule has 0 heterocycles. The molecule has 0 aromatic heterocycles. The summed E-state index contributed by atoms with van der Waals surface area (Å²) in [7, 11) is 2.97. The lowest BCUT2D eigenvalue weighted by molar-refractivity contribution is 0.0941.